The fourth-order valence-electron chi connectivity index (χ4n) is 2.24. The number of rotatable bonds is 6. The van der Waals surface area contributed by atoms with Crippen molar-refractivity contribution in [2.75, 3.05) is 11.5 Å². The first-order chi connectivity index (χ1) is 11.1. The van der Waals surface area contributed by atoms with Crippen LogP contribution in [0.4, 0.5) is 0 Å². The molecular formula is C18H20O4S2. The third kappa shape index (κ3) is 4.55. The van der Waals surface area contributed by atoms with E-state index in [1.54, 1.807) is 24.3 Å². The zero-order chi connectivity index (χ0) is 18.0. The van der Waals surface area contributed by atoms with E-state index < -0.39 is 19.7 Å². The third-order valence-electron chi connectivity index (χ3n) is 3.55. The predicted octanol–water partition coefficient (Wildman–Crippen LogP) is 3.11. The van der Waals surface area contributed by atoms with Crippen LogP contribution in [0.5, 0.6) is 0 Å². The van der Waals surface area contributed by atoms with Crippen molar-refractivity contribution in [3.05, 3.63) is 71.8 Å². The van der Waals surface area contributed by atoms with Gasteiger partial charge in [0.15, 0.2) is 19.7 Å². The maximum absolute atomic E-state index is 12.4. The fourth-order valence-corrected chi connectivity index (χ4v) is 5.08. The van der Waals surface area contributed by atoms with E-state index >= 15 is 0 Å². The molecule has 0 fully saturated rings. The summed E-state index contributed by atoms with van der Waals surface area (Å²) in [5, 5.41) is 0. The summed E-state index contributed by atoms with van der Waals surface area (Å²) in [6.07, 6.45) is 0. The van der Waals surface area contributed by atoms with Gasteiger partial charge in [-0.3, -0.25) is 0 Å². The molecule has 24 heavy (non-hydrogen) atoms. The van der Waals surface area contributed by atoms with Crippen LogP contribution in [-0.4, -0.2) is 28.3 Å². The lowest BCUT2D eigenvalue weighted by molar-refractivity contribution is 0.596. The molecule has 0 N–H and O–H groups in total. The van der Waals surface area contributed by atoms with E-state index in [-0.39, 0.29) is 26.9 Å². The first kappa shape index (κ1) is 18.4. The van der Waals surface area contributed by atoms with Gasteiger partial charge in [-0.05, 0) is 43.7 Å². The Labute approximate surface area is 143 Å². The van der Waals surface area contributed by atoms with E-state index in [0.29, 0.717) is 0 Å². The Morgan fingerprint density at radius 2 is 1.00 bits per heavy atom. The van der Waals surface area contributed by atoms with Crippen LogP contribution in [0.15, 0.2) is 70.5 Å². The lowest BCUT2D eigenvalue weighted by Crippen LogP contribution is -2.16. The quantitative estimate of drug-likeness (QED) is 0.739. The summed E-state index contributed by atoms with van der Waals surface area (Å²) >= 11 is 0. The molecule has 2 rings (SSSR count). The van der Waals surface area contributed by atoms with E-state index in [1.165, 1.54) is 24.3 Å². The van der Waals surface area contributed by atoms with Crippen LogP contribution in [0.2, 0.25) is 0 Å². The van der Waals surface area contributed by atoms with E-state index in [2.05, 4.69) is 6.58 Å². The van der Waals surface area contributed by atoms with E-state index in [1.807, 2.05) is 13.8 Å². The maximum atomic E-state index is 12.4. The summed E-state index contributed by atoms with van der Waals surface area (Å²) < 4.78 is 49.5. The van der Waals surface area contributed by atoms with E-state index in [9.17, 15) is 16.8 Å². The fraction of sp³-hybridized carbons (Fsp3) is 0.222. The summed E-state index contributed by atoms with van der Waals surface area (Å²) in [4.78, 5) is 0.337. The van der Waals surface area contributed by atoms with Crippen molar-refractivity contribution in [2.45, 2.75) is 23.6 Å². The van der Waals surface area contributed by atoms with Crippen molar-refractivity contribution < 1.29 is 16.8 Å². The lowest BCUT2D eigenvalue weighted by atomic mass is 10.2. The summed E-state index contributed by atoms with van der Waals surface area (Å²) in [6, 6.07) is 12.9. The number of benzene rings is 2. The number of hydrogen-bond acceptors (Lipinski definition) is 4. The minimum absolute atomic E-state index is 0.149. The molecule has 2 aromatic rings. The average Bonchev–Trinajstić information content (AvgIpc) is 2.46. The molecule has 0 saturated carbocycles. The molecular weight excluding hydrogens is 344 g/mol. The highest BCUT2D eigenvalue weighted by Crippen LogP contribution is 2.18. The molecule has 0 aromatic heterocycles. The molecule has 0 radical (unpaired) electrons. The highest BCUT2D eigenvalue weighted by atomic mass is 32.2. The van der Waals surface area contributed by atoms with E-state index in [0.717, 1.165) is 11.1 Å². The summed E-state index contributed by atoms with van der Waals surface area (Å²) in [5.41, 5.74) is 2.06. The van der Waals surface area contributed by atoms with Crippen molar-refractivity contribution in [2.24, 2.45) is 0 Å². The molecule has 0 aliphatic rings. The molecule has 0 bridgehead atoms. The second-order valence-electron chi connectivity index (χ2n) is 5.89. The van der Waals surface area contributed by atoms with Gasteiger partial charge in [0.25, 0.3) is 0 Å². The zero-order valence-electron chi connectivity index (χ0n) is 13.7. The number of hydrogen-bond donors (Lipinski definition) is 0. The van der Waals surface area contributed by atoms with Crippen LogP contribution < -0.4 is 0 Å². The number of aryl methyl sites for hydroxylation is 2. The molecule has 128 valence electrons. The van der Waals surface area contributed by atoms with Crippen LogP contribution >= 0.6 is 0 Å². The molecule has 0 aliphatic heterocycles. The van der Waals surface area contributed by atoms with Gasteiger partial charge in [0.1, 0.15) is 0 Å². The molecule has 4 nitrogen and oxygen atoms in total. The molecule has 0 aliphatic carbocycles. The van der Waals surface area contributed by atoms with Gasteiger partial charge in [-0.15, -0.1) is 0 Å². The second kappa shape index (κ2) is 6.91. The van der Waals surface area contributed by atoms with Crippen LogP contribution in [0.1, 0.15) is 11.1 Å². The highest BCUT2D eigenvalue weighted by molar-refractivity contribution is 7.92. The molecule has 0 saturated heterocycles. The minimum atomic E-state index is -3.60. The van der Waals surface area contributed by atoms with Crippen LogP contribution in [0, 0.1) is 13.8 Å². The molecule has 0 amide bonds. The summed E-state index contributed by atoms with van der Waals surface area (Å²) in [6.45, 7) is 7.38. The van der Waals surface area contributed by atoms with E-state index in [4.69, 9.17) is 0 Å². The smallest absolute Gasteiger partial charge is 0.182 e. The monoisotopic (exact) mass is 364 g/mol. The summed E-state index contributed by atoms with van der Waals surface area (Å²) in [5.74, 6) is -0.775. The van der Waals surface area contributed by atoms with Gasteiger partial charge in [-0.25, -0.2) is 16.8 Å². The standard InChI is InChI=1S/C18H20O4S2/c1-14-4-8-17(9-5-14)23(19,20)12-16(3)13-24(21,22)18-10-6-15(2)7-11-18/h4-11H,3,12-13H2,1-2H3. The Kier molecular flexibility index (Phi) is 5.30. The normalized spacial score (nSPS) is 12.1. The molecule has 6 heteroatoms. The number of sulfone groups is 2. The Morgan fingerprint density at radius 3 is 1.29 bits per heavy atom. The Morgan fingerprint density at radius 1 is 0.708 bits per heavy atom. The van der Waals surface area contributed by atoms with Gasteiger partial charge < -0.3 is 0 Å². The maximum Gasteiger partial charge on any atom is 0.182 e. The van der Waals surface area contributed by atoms with Crippen LogP contribution in [-0.2, 0) is 19.7 Å². The highest BCUT2D eigenvalue weighted by Gasteiger charge is 2.21. The summed E-state index contributed by atoms with van der Waals surface area (Å²) in [7, 11) is -7.20. The first-order valence-electron chi connectivity index (χ1n) is 7.36. The molecule has 0 unspecified atom stereocenters. The van der Waals surface area contributed by atoms with Crippen molar-refractivity contribution >= 4 is 19.7 Å². The van der Waals surface area contributed by atoms with Gasteiger partial charge in [-0.2, -0.15) is 0 Å². The van der Waals surface area contributed by atoms with Gasteiger partial charge in [-0.1, -0.05) is 42.0 Å². The predicted molar refractivity (Wildman–Crippen MR) is 95.6 cm³/mol. The first-order valence-corrected chi connectivity index (χ1v) is 10.7. The molecule has 0 heterocycles. The van der Waals surface area contributed by atoms with Crippen molar-refractivity contribution in [3.8, 4) is 0 Å². The van der Waals surface area contributed by atoms with Gasteiger partial charge in [0.2, 0.25) is 0 Å². The Balaban J connectivity index is 2.15. The Bertz CT molecular complexity index is 858. The van der Waals surface area contributed by atoms with Crippen molar-refractivity contribution in [1.82, 2.24) is 0 Å². The third-order valence-corrected chi connectivity index (χ3v) is 7.11. The van der Waals surface area contributed by atoms with Gasteiger partial charge >= 0.3 is 0 Å². The zero-order valence-corrected chi connectivity index (χ0v) is 15.3. The molecule has 2 aromatic carbocycles. The topological polar surface area (TPSA) is 68.3 Å². The second-order valence-corrected chi connectivity index (χ2v) is 9.87. The molecule has 0 spiro atoms. The Hall–Kier alpha value is -1.92. The van der Waals surface area contributed by atoms with Crippen molar-refractivity contribution in [1.29, 1.82) is 0 Å². The molecule has 0 atom stereocenters. The van der Waals surface area contributed by atoms with Crippen LogP contribution in [0.25, 0.3) is 0 Å². The van der Waals surface area contributed by atoms with Crippen molar-refractivity contribution in [3.63, 3.8) is 0 Å². The lowest BCUT2D eigenvalue weighted by Gasteiger charge is -2.09. The van der Waals surface area contributed by atoms with Crippen LogP contribution in [0.3, 0.4) is 0 Å². The minimum Gasteiger partial charge on any atom is -0.223 e. The SMILES string of the molecule is C=C(CS(=O)(=O)c1ccc(C)cc1)CS(=O)(=O)c1ccc(C)cc1. The largest absolute Gasteiger partial charge is 0.223 e. The average molecular weight is 364 g/mol. The van der Waals surface area contributed by atoms with Gasteiger partial charge in [0, 0.05) is 0 Å². The van der Waals surface area contributed by atoms with Gasteiger partial charge in [0.05, 0.1) is 21.3 Å².